The van der Waals surface area contributed by atoms with Gasteiger partial charge in [-0.05, 0) is 55.2 Å². The van der Waals surface area contributed by atoms with Gasteiger partial charge in [-0.15, -0.1) is 0 Å². The van der Waals surface area contributed by atoms with E-state index < -0.39 is 0 Å². The maximum atomic E-state index is 13.5. The first-order chi connectivity index (χ1) is 16.5. The Morgan fingerprint density at radius 2 is 1.91 bits per heavy atom. The van der Waals surface area contributed by atoms with Gasteiger partial charge in [-0.2, -0.15) is 0 Å². The van der Waals surface area contributed by atoms with Crippen LogP contribution in [0.2, 0.25) is 5.02 Å². The van der Waals surface area contributed by atoms with Gasteiger partial charge in [-0.3, -0.25) is 9.69 Å². The Bertz CT molecular complexity index is 1140. The fourth-order valence-corrected chi connectivity index (χ4v) is 4.82. The molecule has 7 heteroatoms. The Morgan fingerprint density at radius 3 is 2.65 bits per heavy atom. The molecule has 1 aliphatic heterocycles. The average Bonchev–Trinajstić information content (AvgIpc) is 3.16. The van der Waals surface area contributed by atoms with E-state index in [-0.39, 0.29) is 11.9 Å². The molecule has 182 valence electrons. The van der Waals surface area contributed by atoms with E-state index in [1.54, 1.807) is 0 Å². The van der Waals surface area contributed by atoms with E-state index in [4.69, 9.17) is 21.3 Å². The van der Waals surface area contributed by atoms with Crippen molar-refractivity contribution in [3.8, 4) is 0 Å². The number of hydrogen-bond donors (Lipinski definition) is 1. The molecular weight excluding hydrogens is 448 g/mol. The van der Waals surface area contributed by atoms with Crippen LogP contribution in [-0.2, 0) is 16.0 Å². The van der Waals surface area contributed by atoms with Crippen molar-refractivity contribution in [1.82, 2.24) is 19.8 Å². The Labute approximate surface area is 207 Å². The molecule has 6 nitrogen and oxygen atoms in total. The summed E-state index contributed by atoms with van der Waals surface area (Å²) >= 11 is 6.49. The van der Waals surface area contributed by atoms with Crippen LogP contribution in [0.3, 0.4) is 0 Å². The van der Waals surface area contributed by atoms with E-state index in [0.29, 0.717) is 13.0 Å². The number of imidazole rings is 1. The normalized spacial score (nSPS) is 15.5. The van der Waals surface area contributed by atoms with Crippen molar-refractivity contribution in [3.05, 3.63) is 63.9 Å². The highest BCUT2D eigenvalue weighted by Gasteiger charge is 2.26. The molecule has 0 unspecified atom stereocenters. The molecule has 4 rings (SSSR count). The van der Waals surface area contributed by atoms with Crippen molar-refractivity contribution >= 4 is 28.5 Å². The van der Waals surface area contributed by atoms with Gasteiger partial charge in [0.05, 0.1) is 24.2 Å². The minimum Gasteiger partial charge on any atom is -0.379 e. The van der Waals surface area contributed by atoms with E-state index >= 15 is 0 Å². The Hall–Kier alpha value is -2.41. The van der Waals surface area contributed by atoms with Crippen LogP contribution >= 0.6 is 11.6 Å². The highest BCUT2D eigenvalue weighted by Crippen LogP contribution is 2.29. The summed E-state index contributed by atoms with van der Waals surface area (Å²) in [5, 5.41) is 3.92. The predicted octanol–water partition coefficient (Wildman–Crippen LogP) is 4.69. The van der Waals surface area contributed by atoms with Gasteiger partial charge < -0.3 is 14.6 Å². The number of fused-ring (bicyclic) bond motifs is 1. The van der Waals surface area contributed by atoms with Crippen LogP contribution in [0.25, 0.3) is 11.0 Å². The fraction of sp³-hybridized carbons (Fsp3) is 0.481. The zero-order valence-corrected chi connectivity index (χ0v) is 21.2. The molecule has 0 bridgehead atoms. The lowest BCUT2D eigenvalue weighted by Gasteiger charge is -2.27. The number of aryl methyl sites for hydroxylation is 2. The van der Waals surface area contributed by atoms with Gasteiger partial charge in [0.2, 0.25) is 5.91 Å². The number of nitrogens with zero attached hydrogens (tertiary/aromatic N) is 3. The Kier molecular flexibility index (Phi) is 8.24. The summed E-state index contributed by atoms with van der Waals surface area (Å²) < 4.78 is 7.58. The van der Waals surface area contributed by atoms with Crippen molar-refractivity contribution in [2.75, 3.05) is 39.4 Å². The van der Waals surface area contributed by atoms with Gasteiger partial charge in [0.1, 0.15) is 11.9 Å². The Morgan fingerprint density at radius 1 is 1.18 bits per heavy atom. The van der Waals surface area contributed by atoms with Crippen molar-refractivity contribution < 1.29 is 9.53 Å². The number of ether oxygens (including phenoxy) is 1. The van der Waals surface area contributed by atoms with Crippen molar-refractivity contribution in [2.45, 2.75) is 46.1 Å². The molecule has 0 spiro atoms. The monoisotopic (exact) mass is 482 g/mol. The zero-order chi connectivity index (χ0) is 24.1. The van der Waals surface area contributed by atoms with Crippen molar-refractivity contribution in [1.29, 1.82) is 0 Å². The van der Waals surface area contributed by atoms with Crippen LogP contribution < -0.4 is 5.32 Å². The van der Waals surface area contributed by atoms with Crippen LogP contribution in [0, 0.1) is 13.8 Å². The molecule has 1 aliphatic rings. The van der Waals surface area contributed by atoms with Crippen LogP contribution in [0.15, 0.2) is 36.4 Å². The van der Waals surface area contributed by atoms with E-state index in [1.807, 2.05) is 24.3 Å². The highest BCUT2D eigenvalue weighted by atomic mass is 35.5. The number of carbonyl (C=O) groups excluding carboxylic acids is 1. The first kappa shape index (κ1) is 24.7. The molecule has 0 saturated carbocycles. The largest absolute Gasteiger partial charge is 0.379 e. The third-order valence-corrected chi connectivity index (χ3v) is 7.06. The van der Waals surface area contributed by atoms with Gasteiger partial charge in [0.15, 0.2) is 0 Å². The molecule has 2 aromatic carbocycles. The van der Waals surface area contributed by atoms with E-state index in [9.17, 15) is 4.79 Å². The summed E-state index contributed by atoms with van der Waals surface area (Å²) in [6.45, 7) is 11.2. The number of benzene rings is 2. The second-order valence-electron chi connectivity index (χ2n) is 9.14. The van der Waals surface area contributed by atoms with Gasteiger partial charge in [0.25, 0.3) is 0 Å². The van der Waals surface area contributed by atoms with Crippen LogP contribution in [-0.4, -0.2) is 59.8 Å². The summed E-state index contributed by atoms with van der Waals surface area (Å²) in [5.41, 5.74) is 5.33. The van der Waals surface area contributed by atoms with E-state index in [2.05, 4.69) is 47.7 Å². The lowest BCUT2D eigenvalue weighted by molar-refractivity contribution is -0.124. The molecule has 1 N–H and O–H groups in total. The van der Waals surface area contributed by atoms with E-state index in [0.717, 1.165) is 73.1 Å². The lowest BCUT2D eigenvalue weighted by atomic mass is 10.1. The molecule has 1 atom stereocenters. The topological polar surface area (TPSA) is 59.4 Å². The molecular formula is C27H35ClN4O2. The summed E-state index contributed by atoms with van der Waals surface area (Å²) in [6, 6.07) is 11.8. The molecule has 3 aromatic rings. The minimum atomic E-state index is -0.320. The number of halogens is 1. The molecule has 2 heterocycles. The zero-order valence-electron chi connectivity index (χ0n) is 20.4. The number of nitrogens with one attached hydrogen (secondary N) is 1. The number of rotatable bonds is 9. The summed E-state index contributed by atoms with van der Waals surface area (Å²) in [5.74, 6) is 0.919. The maximum absolute atomic E-state index is 13.5. The SMILES string of the molecule is CCC[C@H](C(=O)NCCN1CCOCC1)n1c(Cc2ccccc2Cl)nc2cc(C)c(C)cc21. The molecule has 0 radical (unpaired) electrons. The van der Waals surface area contributed by atoms with Crippen molar-refractivity contribution in [2.24, 2.45) is 0 Å². The van der Waals surface area contributed by atoms with Crippen molar-refractivity contribution in [3.63, 3.8) is 0 Å². The molecule has 34 heavy (non-hydrogen) atoms. The Balaban J connectivity index is 1.65. The number of hydrogen-bond acceptors (Lipinski definition) is 4. The first-order valence-electron chi connectivity index (χ1n) is 12.3. The molecule has 1 fully saturated rings. The summed E-state index contributed by atoms with van der Waals surface area (Å²) in [6.07, 6.45) is 2.22. The lowest BCUT2D eigenvalue weighted by Crippen LogP contribution is -2.42. The van der Waals surface area contributed by atoms with Gasteiger partial charge >= 0.3 is 0 Å². The van der Waals surface area contributed by atoms with Gasteiger partial charge in [-0.25, -0.2) is 4.98 Å². The quantitative estimate of drug-likeness (QED) is 0.480. The second kappa shape index (κ2) is 11.3. The van der Waals surface area contributed by atoms with Crippen LogP contribution in [0.5, 0.6) is 0 Å². The third kappa shape index (κ3) is 5.62. The first-order valence-corrected chi connectivity index (χ1v) is 12.6. The van der Waals surface area contributed by atoms with Crippen LogP contribution in [0.4, 0.5) is 0 Å². The average molecular weight is 483 g/mol. The summed E-state index contributed by atoms with van der Waals surface area (Å²) in [4.78, 5) is 20.8. The van der Waals surface area contributed by atoms with Crippen LogP contribution in [0.1, 0.15) is 48.3 Å². The predicted molar refractivity (Wildman–Crippen MR) is 138 cm³/mol. The highest BCUT2D eigenvalue weighted by molar-refractivity contribution is 6.31. The smallest absolute Gasteiger partial charge is 0.243 e. The molecule has 1 amide bonds. The molecule has 1 saturated heterocycles. The number of carbonyl (C=O) groups is 1. The number of morpholine rings is 1. The molecule has 0 aliphatic carbocycles. The number of aromatic nitrogens is 2. The van der Waals surface area contributed by atoms with Gasteiger partial charge in [0, 0.05) is 37.6 Å². The van der Waals surface area contributed by atoms with E-state index in [1.165, 1.54) is 11.1 Å². The maximum Gasteiger partial charge on any atom is 0.243 e. The number of amides is 1. The standard InChI is InChI=1S/C27H35ClN4O2/c1-4-7-24(27(33)29-10-11-31-12-14-34-15-13-31)32-25-17-20(3)19(2)16-23(25)30-26(32)18-21-8-5-6-9-22(21)28/h5-6,8-9,16-17,24H,4,7,10-15,18H2,1-3H3,(H,29,33)/t24-/m1/s1. The molecule has 1 aromatic heterocycles. The summed E-state index contributed by atoms with van der Waals surface area (Å²) in [7, 11) is 0. The van der Waals surface area contributed by atoms with Gasteiger partial charge in [-0.1, -0.05) is 43.1 Å². The second-order valence-corrected chi connectivity index (χ2v) is 9.55. The third-order valence-electron chi connectivity index (χ3n) is 6.69. The minimum absolute atomic E-state index is 0.0491. The fourth-order valence-electron chi connectivity index (χ4n) is 4.62.